The van der Waals surface area contributed by atoms with Crippen LogP contribution in [-0.4, -0.2) is 37.5 Å². The fraction of sp³-hybridized carbons (Fsp3) is 0.276. The predicted octanol–water partition coefficient (Wildman–Crippen LogP) is 4.32. The van der Waals surface area contributed by atoms with E-state index in [4.69, 9.17) is 9.47 Å². The molecule has 2 aliphatic heterocycles. The highest BCUT2D eigenvalue weighted by molar-refractivity contribution is 6.24. The molecule has 2 aliphatic rings. The molecule has 0 spiro atoms. The molecular weight excluding hydrogens is 513 g/mol. The van der Waals surface area contributed by atoms with Crippen molar-refractivity contribution in [2.24, 2.45) is 11.8 Å². The van der Waals surface area contributed by atoms with E-state index in [0.29, 0.717) is 16.9 Å². The number of imide groups is 1. The molecule has 0 aromatic heterocycles. The summed E-state index contributed by atoms with van der Waals surface area (Å²) in [6, 6.07) is 19.0. The monoisotopic (exact) mass is 538 g/mol. The number of benzene rings is 3. The summed E-state index contributed by atoms with van der Waals surface area (Å²) < 4.78 is 50.8. The van der Waals surface area contributed by atoms with E-state index >= 15 is 0 Å². The lowest BCUT2D eigenvalue weighted by atomic mass is 9.76. The first-order valence-electron chi connectivity index (χ1n) is 12.2. The molecule has 2 heterocycles. The molecule has 3 aromatic rings. The standard InChI is InChI=1S/C29H25F3N2O5/c1-38-21-13-11-18(12-14-21)24-22-23(28(33-24,27(37)39-2)16-17-7-4-3-5-8-17)26(36)34(25(22)35)20-10-6-9-19(15-20)29(30,31)32/h3-15,22-24,33H,16H2,1-2H3. The minimum Gasteiger partial charge on any atom is -0.497 e. The average molecular weight is 539 g/mol. The van der Waals surface area contributed by atoms with Crippen LogP contribution in [0, 0.1) is 11.8 Å². The number of hydrogen-bond acceptors (Lipinski definition) is 6. The molecule has 4 atom stereocenters. The molecule has 202 valence electrons. The molecule has 4 unspecified atom stereocenters. The van der Waals surface area contributed by atoms with Crippen molar-refractivity contribution < 1.29 is 37.0 Å². The molecule has 39 heavy (non-hydrogen) atoms. The molecule has 3 aromatic carbocycles. The Bertz CT molecular complexity index is 1410. The Hall–Kier alpha value is -4.18. The van der Waals surface area contributed by atoms with Crippen LogP contribution < -0.4 is 15.0 Å². The Kier molecular flexibility index (Phi) is 6.67. The molecule has 2 amide bonds. The van der Waals surface area contributed by atoms with E-state index in [9.17, 15) is 27.6 Å². The maximum Gasteiger partial charge on any atom is 0.416 e. The van der Waals surface area contributed by atoms with E-state index in [1.54, 1.807) is 54.6 Å². The Morgan fingerprint density at radius 1 is 0.949 bits per heavy atom. The number of hydrogen-bond donors (Lipinski definition) is 1. The quantitative estimate of drug-likeness (QED) is 0.372. The molecular formula is C29H25F3N2O5. The number of alkyl halides is 3. The van der Waals surface area contributed by atoms with E-state index in [1.807, 2.05) is 0 Å². The van der Waals surface area contributed by atoms with Crippen molar-refractivity contribution in [2.75, 3.05) is 19.1 Å². The minimum absolute atomic E-state index is 0.0176. The summed E-state index contributed by atoms with van der Waals surface area (Å²) in [5.41, 5.74) is -1.54. The Labute approximate surface area is 222 Å². The lowest BCUT2D eigenvalue weighted by Gasteiger charge is -2.32. The third-order valence-electron chi connectivity index (χ3n) is 7.44. The summed E-state index contributed by atoms with van der Waals surface area (Å²) >= 11 is 0. The first kappa shape index (κ1) is 26.4. The smallest absolute Gasteiger partial charge is 0.416 e. The minimum atomic E-state index is -4.67. The molecule has 0 bridgehead atoms. The van der Waals surface area contributed by atoms with E-state index in [2.05, 4.69) is 5.32 Å². The summed E-state index contributed by atoms with van der Waals surface area (Å²) in [4.78, 5) is 42.2. The maximum atomic E-state index is 14.0. The number of fused-ring (bicyclic) bond motifs is 1. The summed E-state index contributed by atoms with van der Waals surface area (Å²) in [6.07, 6.45) is -4.66. The number of methoxy groups -OCH3 is 2. The van der Waals surface area contributed by atoms with Gasteiger partial charge < -0.3 is 9.47 Å². The fourth-order valence-electron chi connectivity index (χ4n) is 5.70. The van der Waals surface area contributed by atoms with Crippen molar-refractivity contribution in [2.45, 2.75) is 24.2 Å². The Balaban J connectivity index is 1.66. The van der Waals surface area contributed by atoms with Gasteiger partial charge in [-0.15, -0.1) is 0 Å². The number of nitrogens with one attached hydrogen (secondary N) is 1. The number of amides is 2. The molecule has 10 heteroatoms. The molecule has 0 aliphatic carbocycles. The third-order valence-corrected chi connectivity index (χ3v) is 7.44. The number of ether oxygens (including phenoxy) is 2. The largest absolute Gasteiger partial charge is 0.497 e. The van der Waals surface area contributed by atoms with Gasteiger partial charge >= 0.3 is 12.1 Å². The van der Waals surface area contributed by atoms with Crippen LogP contribution in [0.15, 0.2) is 78.9 Å². The van der Waals surface area contributed by atoms with Gasteiger partial charge in [0.05, 0.1) is 37.3 Å². The maximum absolute atomic E-state index is 14.0. The van der Waals surface area contributed by atoms with Crippen molar-refractivity contribution in [1.29, 1.82) is 0 Å². The summed E-state index contributed by atoms with van der Waals surface area (Å²) in [6.45, 7) is 0. The number of rotatable bonds is 6. The summed E-state index contributed by atoms with van der Waals surface area (Å²) in [5, 5.41) is 3.26. The van der Waals surface area contributed by atoms with Gasteiger partial charge in [0.2, 0.25) is 11.8 Å². The lowest BCUT2D eigenvalue weighted by molar-refractivity contribution is -0.152. The van der Waals surface area contributed by atoms with Gasteiger partial charge in [-0.25, -0.2) is 4.90 Å². The van der Waals surface area contributed by atoms with Crippen LogP contribution in [-0.2, 0) is 31.7 Å². The molecule has 1 N–H and O–H groups in total. The molecule has 0 saturated carbocycles. The second-order valence-electron chi connectivity index (χ2n) is 9.58. The molecule has 2 saturated heterocycles. The summed E-state index contributed by atoms with van der Waals surface area (Å²) in [7, 11) is 2.70. The zero-order valence-corrected chi connectivity index (χ0v) is 21.1. The van der Waals surface area contributed by atoms with Gasteiger partial charge in [0.25, 0.3) is 0 Å². The van der Waals surface area contributed by atoms with E-state index in [-0.39, 0.29) is 12.1 Å². The average Bonchev–Trinajstić information content (AvgIpc) is 3.42. The van der Waals surface area contributed by atoms with Crippen LogP contribution in [0.3, 0.4) is 0 Å². The van der Waals surface area contributed by atoms with Gasteiger partial charge in [0, 0.05) is 12.5 Å². The van der Waals surface area contributed by atoms with Crippen molar-refractivity contribution in [1.82, 2.24) is 5.32 Å². The van der Waals surface area contributed by atoms with Crippen LogP contribution in [0.2, 0.25) is 0 Å². The van der Waals surface area contributed by atoms with Crippen LogP contribution in [0.1, 0.15) is 22.7 Å². The highest BCUT2D eigenvalue weighted by atomic mass is 19.4. The summed E-state index contributed by atoms with van der Waals surface area (Å²) in [5.74, 6) is -3.96. The van der Waals surface area contributed by atoms with Gasteiger partial charge in [-0.1, -0.05) is 48.5 Å². The topological polar surface area (TPSA) is 84.9 Å². The van der Waals surface area contributed by atoms with E-state index in [1.165, 1.54) is 20.3 Å². The van der Waals surface area contributed by atoms with Crippen LogP contribution in [0.25, 0.3) is 0 Å². The van der Waals surface area contributed by atoms with Crippen molar-refractivity contribution in [3.63, 3.8) is 0 Å². The van der Waals surface area contributed by atoms with Gasteiger partial charge in [-0.3, -0.25) is 19.7 Å². The van der Waals surface area contributed by atoms with Crippen LogP contribution in [0.4, 0.5) is 18.9 Å². The number of anilines is 1. The highest BCUT2D eigenvalue weighted by Crippen LogP contribution is 2.51. The van der Waals surface area contributed by atoms with Crippen LogP contribution >= 0.6 is 0 Å². The molecule has 5 rings (SSSR count). The fourth-order valence-corrected chi connectivity index (χ4v) is 5.70. The zero-order valence-electron chi connectivity index (χ0n) is 21.1. The van der Waals surface area contributed by atoms with Gasteiger partial charge in [-0.05, 0) is 41.5 Å². The van der Waals surface area contributed by atoms with Crippen LogP contribution in [0.5, 0.6) is 5.75 Å². The first-order valence-corrected chi connectivity index (χ1v) is 12.2. The number of carbonyl (C=O) groups is 3. The SMILES string of the molecule is COC(=O)C1(Cc2ccccc2)NC(c2ccc(OC)cc2)C2C(=O)N(c3cccc(C(F)(F)F)c3)C(=O)C21. The normalized spacial score (nSPS) is 24.5. The molecule has 0 radical (unpaired) electrons. The number of carbonyl (C=O) groups excluding carboxylic acids is 3. The third kappa shape index (κ3) is 4.44. The number of esters is 1. The van der Waals surface area contributed by atoms with Crippen molar-refractivity contribution in [3.05, 3.63) is 95.6 Å². The Morgan fingerprint density at radius 2 is 1.64 bits per heavy atom. The lowest BCUT2D eigenvalue weighted by Crippen LogP contribution is -2.57. The molecule has 7 nitrogen and oxygen atoms in total. The second-order valence-corrected chi connectivity index (χ2v) is 9.58. The second kappa shape index (κ2) is 9.85. The number of nitrogens with zero attached hydrogens (tertiary/aromatic N) is 1. The van der Waals surface area contributed by atoms with E-state index in [0.717, 1.165) is 23.1 Å². The Morgan fingerprint density at radius 3 is 2.26 bits per heavy atom. The van der Waals surface area contributed by atoms with Gasteiger partial charge in [-0.2, -0.15) is 13.2 Å². The highest BCUT2D eigenvalue weighted by Gasteiger charge is 2.69. The zero-order chi connectivity index (χ0) is 27.9. The van der Waals surface area contributed by atoms with Crippen molar-refractivity contribution in [3.8, 4) is 5.75 Å². The van der Waals surface area contributed by atoms with Gasteiger partial charge in [0.15, 0.2) is 0 Å². The predicted molar refractivity (Wildman–Crippen MR) is 135 cm³/mol. The van der Waals surface area contributed by atoms with Crippen molar-refractivity contribution >= 4 is 23.5 Å². The molecule has 2 fully saturated rings. The number of halogens is 3. The first-order chi connectivity index (χ1) is 18.6. The van der Waals surface area contributed by atoms with Gasteiger partial charge in [0.1, 0.15) is 11.3 Å². The van der Waals surface area contributed by atoms with E-state index < -0.39 is 52.9 Å².